The van der Waals surface area contributed by atoms with Gasteiger partial charge in [-0.2, -0.15) is 5.26 Å². The first kappa shape index (κ1) is 14.9. The van der Waals surface area contributed by atoms with Crippen molar-refractivity contribution in [3.05, 3.63) is 53.6 Å². The van der Waals surface area contributed by atoms with Crippen LogP contribution in [0.15, 0.2) is 36.7 Å². The second-order valence-corrected chi connectivity index (χ2v) is 4.57. The lowest BCUT2D eigenvalue weighted by atomic mass is 10.2. The van der Waals surface area contributed by atoms with Gasteiger partial charge in [-0.15, -0.1) is 0 Å². The van der Waals surface area contributed by atoms with Gasteiger partial charge in [0.05, 0.1) is 11.9 Å². The van der Waals surface area contributed by atoms with E-state index in [1.807, 2.05) is 18.2 Å². The Hall–Kier alpha value is -2.45. The van der Waals surface area contributed by atoms with E-state index in [2.05, 4.69) is 28.3 Å². The molecular formula is C16H18N4O. The number of hydrogen-bond donors (Lipinski definition) is 1. The van der Waals surface area contributed by atoms with Gasteiger partial charge in [0, 0.05) is 18.3 Å². The van der Waals surface area contributed by atoms with Crippen LogP contribution in [-0.4, -0.2) is 16.5 Å². The predicted octanol–water partition coefficient (Wildman–Crippen LogP) is 2.43. The van der Waals surface area contributed by atoms with Crippen molar-refractivity contribution in [3.63, 3.8) is 0 Å². The van der Waals surface area contributed by atoms with Crippen molar-refractivity contribution in [3.8, 4) is 11.8 Å². The minimum Gasteiger partial charge on any atom is -0.487 e. The molecule has 0 unspecified atom stereocenters. The molecule has 21 heavy (non-hydrogen) atoms. The zero-order valence-electron chi connectivity index (χ0n) is 12.0. The molecule has 0 fully saturated rings. The minimum absolute atomic E-state index is 0.311. The molecule has 0 saturated heterocycles. The molecule has 0 aliphatic heterocycles. The molecule has 0 spiro atoms. The van der Waals surface area contributed by atoms with E-state index in [1.54, 1.807) is 18.5 Å². The maximum absolute atomic E-state index is 8.97. The quantitative estimate of drug-likeness (QED) is 0.790. The van der Waals surface area contributed by atoms with Crippen LogP contribution in [0.5, 0.6) is 5.75 Å². The molecule has 0 aromatic carbocycles. The summed E-state index contributed by atoms with van der Waals surface area (Å²) in [4.78, 5) is 8.34. The lowest BCUT2D eigenvalue weighted by Gasteiger charge is -2.08. The summed E-state index contributed by atoms with van der Waals surface area (Å²) in [5.74, 6) is 0.682. The minimum atomic E-state index is 0.311. The summed E-state index contributed by atoms with van der Waals surface area (Å²) in [6, 6.07) is 9.51. The molecule has 1 N–H and O–H groups in total. The van der Waals surface area contributed by atoms with Gasteiger partial charge in [-0.1, -0.05) is 13.0 Å². The Bertz CT molecular complexity index is 604. The van der Waals surface area contributed by atoms with Gasteiger partial charge in [-0.05, 0) is 31.2 Å². The van der Waals surface area contributed by atoms with Gasteiger partial charge >= 0.3 is 0 Å². The largest absolute Gasteiger partial charge is 0.487 e. The number of aromatic nitrogens is 2. The van der Waals surface area contributed by atoms with Gasteiger partial charge in [-0.25, -0.2) is 4.98 Å². The third-order valence-electron chi connectivity index (χ3n) is 2.92. The summed E-state index contributed by atoms with van der Waals surface area (Å²) in [6.45, 7) is 4.18. The molecule has 108 valence electrons. The lowest BCUT2D eigenvalue weighted by molar-refractivity contribution is 0.304. The van der Waals surface area contributed by atoms with Gasteiger partial charge in [-0.3, -0.25) is 4.98 Å². The number of pyridine rings is 2. The Morgan fingerprint density at radius 1 is 1.29 bits per heavy atom. The molecule has 0 aliphatic rings. The normalized spacial score (nSPS) is 10.1. The average Bonchev–Trinajstić information content (AvgIpc) is 2.54. The smallest absolute Gasteiger partial charge is 0.147 e. The molecule has 0 radical (unpaired) electrons. The fraction of sp³-hybridized carbons (Fsp3) is 0.312. The van der Waals surface area contributed by atoms with Crippen LogP contribution in [0.3, 0.4) is 0 Å². The summed E-state index contributed by atoms with van der Waals surface area (Å²) < 4.78 is 5.64. The fourth-order valence-corrected chi connectivity index (χ4v) is 1.81. The first-order chi connectivity index (χ1) is 10.3. The number of nitriles is 1. The van der Waals surface area contributed by atoms with E-state index in [9.17, 15) is 0 Å². The van der Waals surface area contributed by atoms with Gasteiger partial charge in [0.25, 0.3) is 0 Å². The van der Waals surface area contributed by atoms with Crippen molar-refractivity contribution < 1.29 is 4.74 Å². The predicted molar refractivity (Wildman–Crippen MR) is 79.5 cm³/mol. The lowest BCUT2D eigenvalue weighted by Crippen LogP contribution is -2.14. The van der Waals surface area contributed by atoms with E-state index < -0.39 is 0 Å². The number of hydrogen-bond acceptors (Lipinski definition) is 5. The highest BCUT2D eigenvalue weighted by atomic mass is 16.5. The Kier molecular flexibility index (Phi) is 5.68. The average molecular weight is 282 g/mol. The summed E-state index contributed by atoms with van der Waals surface area (Å²) in [5.41, 5.74) is 2.15. The number of rotatable bonds is 7. The van der Waals surface area contributed by atoms with Crippen molar-refractivity contribution >= 4 is 0 Å². The number of ether oxygens (including phenoxy) is 1. The van der Waals surface area contributed by atoms with E-state index in [1.165, 1.54) is 0 Å². The highest BCUT2D eigenvalue weighted by Gasteiger charge is 2.03. The molecule has 0 atom stereocenters. The molecule has 2 heterocycles. The van der Waals surface area contributed by atoms with E-state index in [4.69, 9.17) is 10.00 Å². The third-order valence-corrected chi connectivity index (χ3v) is 2.92. The van der Waals surface area contributed by atoms with Crippen LogP contribution >= 0.6 is 0 Å². The molecule has 5 heteroatoms. The maximum atomic E-state index is 8.97. The number of nitrogens with zero attached hydrogens (tertiary/aromatic N) is 3. The van der Waals surface area contributed by atoms with E-state index >= 15 is 0 Å². The van der Waals surface area contributed by atoms with Crippen LogP contribution in [0.2, 0.25) is 0 Å². The van der Waals surface area contributed by atoms with Crippen molar-refractivity contribution in [2.75, 3.05) is 6.54 Å². The Labute approximate surface area is 124 Å². The molecule has 0 bridgehead atoms. The van der Waals surface area contributed by atoms with Crippen molar-refractivity contribution in [1.29, 1.82) is 5.26 Å². The Balaban J connectivity index is 1.90. The van der Waals surface area contributed by atoms with Gasteiger partial charge in [0.2, 0.25) is 0 Å². The van der Waals surface area contributed by atoms with E-state index in [-0.39, 0.29) is 0 Å². The topological polar surface area (TPSA) is 70.8 Å². The van der Waals surface area contributed by atoms with Gasteiger partial charge in [0.15, 0.2) is 0 Å². The van der Waals surface area contributed by atoms with Crippen molar-refractivity contribution in [2.24, 2.45) is 0 Å². The monoisotopic (exact) mass is 282 g/mol. The zero-order valence-corrected chi connectivity index (χ0v) is 12.0. The molecule has 0 aliphatic carbocycles. The second-order valence-electron chi connectivity index (χ2n) is 4.57. The summed E-state index contributed by atoms with van der Waals surface area (Å²) in [7, 11) is 0. The molecule has 0 amide bonds. The van der Waals surface area contributed by atoms with Crippen LogP contribution in [0.1, 0.15) is 30.3 Å². The molecule has 0 saturated carbocycles. The van der Waals surface area contributed by atoms with Crippen molar-refractivity contribution in [1.82, 2.24) is 15.3 Å². The van der Waals surface area contributed by atoms with E-state index in [0.29, 0.717) is 18.1 Å². The van der Waals surface area contributed by atoms with Gasteiger partial charge < -0.3 is 10.1 Å². The second kappa shape index (κ2) is 7.98. The third kappa shape index (κ3) is 4.55. The van der Waals surface area contributed by atoms with Gasteiger partial charge in [0.1, 0.15) is 24.1 Å². The molecule has 2 aromatic rings. The van der Waals surface area contributed by atoms with Crippen LogP contribution < -0.4 is 10.1 Å². The molecule has 2 rings (SSSR count). The SMILES string of the molecule is CCCNCc1ccc(OCc2cccnc2C#N)cn1. The summed E-state index contributed by atoms with van der Waals surface area (Å²) in [6.07, 6.45) is 4.40. The summed E-state index contributed by atoms with van der Waals surface area (Å²) >= 11 is 0. The zero-order chi connectivity index (χ0) is 14.9. The molecular weight excluding hydrogens is 264 g/mol. The highest BCUT2D eigenvalue weighted by molar-refractivity contribution is 5.30. The maximum Gasteiger partial charge on any atom is 0.147 e. The Morgan fingerprint density at radius 3 is 2.90 bits per heavy atom. The Morgan fingerprint density at radius 2 is 2.19 bits per heavy atom. The first-order valence-electron chi connectivity index (χ1n) is 6.96. The van der Waals surface area contributed by atoms with Crippen LogP contribution in [0.25, 0.3) is 0 Å². The van der Waals surface area contributed by atoms with Crippen LogP contribution in [0.4, 0.5) is 0 Å². The number of nitrogens with one attached hydrogen (secondary N) is 1. The standard InChI is InChI=1S/C16H18N4O/c1-2-7-18-10-14-5-6-15(11-20-14)21-12-13-4-3-8-19-16(13)9-17/h3-6,8,11,18H,2,7,10,12H2,1H3. The fourth-order valence-electron chi connectivity index (χ4n) is 1.81. The summed E-state index contributed by atoms with van der Waals surface area (Å²) in [5, 5.41) is 12.3. The molecule has 5 nitrogen and oxygen atoms in total. The van der Waals surface area contributed by atoms with Crippen molar-refractivity contribution in [2.45, 2.75) is 26.5 Å². The first-order valence-corrected chi connectivity index (χ1v) is 6.96. The highest BCUT2D eigenvalue weighted by Crippen LogP contribution is 2.13. The van der Waals surface area contributed by atoms with E-state index in [0.717, 1.165) is 30.8 Å². The van der Waals surface area contributed by atoms with Crippen LogP contribution in [0, 0.1) is 11.3 Å². The van der Waals surface area contributed by atoms with Crippen LogP contribution in [-0.2, 0) is 13.2 Å². The molecule has 2 aromatic heterocycles.